The van der Waals surface area contributed by atoms with Crippen LogP contribution in [0.3, 0.4) is 0 Å². The Morgan fingerprint density at radius 2 is 1.70 bits per heavy atom. The number of aryl methyl sites for hydroxylation is 3. The first-order valence-corrected chi connectivity index (χ1v) is 6.54. The van der Waals surface area contributed by atoms with Crippen molar-refractivity contribution in [2.45, 2.75) is 20.8 Å². The van der Waals surface area contributed by atoms with Crippen LogP contribution >= 0.6 is 0 Å². The Bertz CT molecular complexity index is 624. The lowest BCUT2D eigenvalue weighted by Gasteiger charge is -2.13. The van der Waals surface area contributed by atoms with E-state index in [1.165, 1.54) is 5.56 Å². The fraction of sp³-hybridized carbons (Fsp3) is 0.235. The third kappa shape index (κ3) is 2.99. The standard InChI is InChI=1S/C17H19NO2/c1-11-8-12(2)16(13(3)9-11)18-17(19)14-6-5-7-15(10-14)20-4/h5-10H,1-4H3,(H,18,19). The fourth-order valence-electron chi connectivity index (χ4n) is 2.33. The van der Waals surface area contributed by atoms with Gasteiger partial charge in [0, 0.05) is 11.3 Å². The number of anilines is 1. The Kier molecular flexibility index (Phi) is 4.08. The Labute approximate surface area is 119 Å². The fourth-order valence-corrected chi connectivity index (χ4v) is 2.33. The molecule has 0 aliphatic carbocycles. The monoisotopic (exact) mass is 269 g/mol. The van der Waals surface area contributed by atoms with Crippen molar-refractivity contribution in [2.75, 3.05) is 12.4 Å². The number of nitrogens with one attached hydrogen (secondary N) is 1. The number of hydrogen-bond donors (Lipinski definition) is 1. The van der Waals surface area contributed by atoms with Gasteiger partial charge in [-0.05, 0) is 50.1 Å². The van der Waals surface area contributed by atoms with Crippen LogP contribution in [-0.2, 0) is 0 Å². The summed E-state index contributed by atoms with van der Waals surface area (Å²) >= 11 is 0. The molecule has 1 amide bonds. The average Bonchev–Trinajstić information content (AvgIpc) is 2.42. The third-order valence-corrected chi connectivity index (χ3v) is 3.25. The maximum Gasteiger partial charge on any atom is 0.255 e. The molecule has 0 heterocycles. The normalized spacial score (nSPS) is 10.2. The van der Waals surface area contributed by atoms with Gasteiger partial charge in [0.1, 0.15) is 5.75 Å². The molecule has 1 N–H and O–H groups in total. The molecular weight excluding hydrogens is 250 g/mol. The summed E-state index contributed by atoms with van der Waals surface area (Å²) in [6.07, 6.45) is 0. The van der Waals surface area contributed by atoms with E-state index in [4.69, 9.17) is 4.74 Å². The van der Waals surface area contributed by atoms with Gasteiger partial charge < -0.3 is 10.1 Å². The van der Waals surface area contributed by atoms with Crippen LogP contribution < -0.4 is 10.1 Å². The van der Waals surface area contributed by atoms with Crippen molar-refractivity contribution in [1.82, 2.24) is 0 Å². The van der Waals surface area contributed by atoms with Gasteiger partial charge in [-0.25, -0.2) is 0 Å². The number of hydrogen-bond acceptors (Lipinski definition) is 2. The number of amides is 1. The molecule has 2 aromatic rings. The van der Waals surface area contributed by atoms with Gasteiger partial charge in [0.05, 0.1) is 7.11 Å². The van der Waals surface area contributed by atoms with Crippen molar-refractivity contribution in [1.29, 1.82) is 0 Å². The quantitative estimate of drug-likeness (QED) is 0.918. The highest BCUT2D eigenvalue weighted by atomic mass is 16.5. The van der Waals surface area contributed by atoms with E-state index in [1.807, 2.05) is 32.9 Å². The molecular formula is C17H19NO2. The Morgan fingerprint density at radius 1 is 1.05 bits per heavy atom. The molecule has 0 aromatic heterocycles. The van der Waals surface area contributed by atoms with Crippen LogP contribution in [0.15, 0.2) is 36.4 Å². The van der Waals surface area contributed by atoms with E-state index in [0.29, 0.717) is 11.3 Å². The number of carbonyl (C=O) groups is 1. The van der Waals surface area contributed by atoms with E-state index in [-0.39, 0.29) is 5.91 Å². The molecule has 20 heavy (non-hydrogen) atoms. The molecule has 0 unspecified atom stereocenters. The molecule has 0 radical (unpaired) electrons. The van der Waals surface area contributed by atoms with Crippen molar-refractivity contribution < 1.29 is 9.53 Å². The molecule has 0 bridgehead atoms. The molecule has 0 aliphatic rings. The van der Waals surface area contributed by atoms with Gasteiger partial charge in [-0.3, -0.25) is 4.79 Å². The van der Waals surface area contributed by atoms with Crippen LogP contribution in [0.2, 0.25) is 0 Å². The number of methoxy groups -OCH3 is 1. The first-order valence-electron chi connectivity index (χ1n) is 6.54. The number of carbonyl (C=O) groups excluding carboxylic acids is 1. The zero-order valence-corrected chi connectivity index (χ0v) is 12.3. The summed E-state index contributed by atoms with van der Waals surface area (Å²) in [6.45, 7) is 6.05. The predicted octanol–water partition coefficient (Wildman–Crippen LogP) is 3.87. The summed E-state index contributed by atoms with van der Waals surface area (Å²) in [5, 5.41) is 2.98. The van der Waals surface area contributed by atoms with Crippen LogP contribution in [0.25, 0.3) is 0 Å². The summed E-state index contributed by atoms with van der Waals surface area (Å²) in [7, 11) is 1.59. The maximum absolute atomic E-state index is 12.3. The minimum Gasteiger partial charge on any atom is -0.497 e. The summed E-state index contributed by atoms with van der Waals surface area (Å²) in [6, 6.07) is 11.3. The highest BCUT2D eigenvalue weighted by Gasteiger charge is 2.10. The zero-order valence-electron chi connectivity index (χ0n) is 12.3. The molecule has 3 heteroatoms. The minimum absolute atomic E-state index is 0.126. The van der Waals surface area contributed by atoms with Gasteiger partial charge >= 0.3 is 0 Å². The van der Waals surface area contributed by atoms with Crippen LogP contribution in [0.5, 0.6) is 5.75 Å². The van der Waals surface area contributed by atoms with E-state index >= 15 is 0 Å². The van der Waals surface area contributed by atoms with Crippen LogP contribution in [0.1, 0.15) is 27.0 Å². The highest BCUT2D eigenvalue weighted by Crippen LogP contribution is 2.23. The lowest BCUT2D eigenvalue weighted by molar-refractivity contribution is 0.102. The maximum atomic E-state index is 12.3. The molecule has 104 valence electrons. The highest BCUT2D eigenvalue weighted by molar-refractivity contribution is 6.05. The SMILES string of the molecule is COc1cccc(C(=O)Nc2c(C)cc(C)cc2C)c1. The second kappa shape index (κ2) is 5.78. The lowest BCUT2D eigenvalue weighted by atomic mass is 10.0. The molecule has 0 fully saturated rings. The van der Waals surface area contributed by atoms with Gasteiger partial charge in [-0.2, -0.15) is 0 Å². The molecule has 0 saturated carbocycles. The van der Waals surface area contributed by atoms with E-state index in [0.717, 1.165) is 16.8 Å². The largest absolute Gasteiger partial charge is 0.497 e. The first-order chi connectivity index (χ1) is 9.51. The van der Waals surface area contributed by atoms with Gasteiger partial charge in [0.2, 0.25) is 0 Å². The van der Waals surface area contributed by atoms with E-state index in [2.05, 4.69) is 17.4 Å². The number of ether oxygens (including phenoxy) is 1. The zero-order chi connectivity index (χ0) is 14.7. The molecule has 2 aromatic carbocycles. The smallest absolute Gasteiger partial charge is 0.255 e. The van der Waals surface area contributed by atoms with Crippen molar-refractivity contribution in [3.05, 3.63) is 58.7 Å². The molecule has 0 saturated heterocycles. The average molecular weight is 269 g/mol. The van der Waals surface area contributed by atoms with Crippen molar-refractivity contribution >= 4 is 11.6 Å². The van der Waals surface area contributed by atoms with Gasteiger partial charge in [-0.1, -0.05) is 23.8 Å². The number of rotatable bonds is 3. The molecule has 0 spiro atoms. The van der Waals surface area contributed by atoms with Crippen LogP contribution in [0.4, 0.5) is 5.69 Å². The van der Waals surface area contributed by atoms with Crippen molar-refractivity contribution in [3.8, 4) is 5.75 Å². The number of benzene rings is 2. The lowest BCUT2D eigenvalue weighted by Crippen LogP contribution is -2.14. The summed E-state index contributed by atoms with van der Waals surface area (Å²) in [5.74, 6) is 0.550. The summed E-state index contributed by atoms with van der Waals surface area (Å²) in [4.78, 5) is 12.3. The first kappa shape index (κ1) is 14.1. The second-order valence-corrected chi connectivity index (χ2v) is 4.96. The minimum atomic E-state index is -0.126. The molecule has 0 aliphatic heterocycles. The van der Waals surface area contributed by atoms with Gasteiger partial charge in [-0.15, -0.1) is 0 Å². The Balaban J connectivity index is 2.28. The van der Waals surface area contributed by atoms with Crippen molar-refractivity contribution in [2.24, 2.45) is 0 Å². The Hall–Kier alpha value is -2.29. The van der Waals surface area contributed by atoms with E-state index in [1.54, 1.807) is 19.2 Å². The topological polar surface area (TPSA) is 38.3 Å². The van der Waals surface area contributed by atoms with E-state index in [9.17, 15) is 4.79 Å². The molecule has 2 rings (SSSR count). The van der Waals surface area contributed by atoms with E-state index < -0.39 is 0 Å². The van der Waals surface area contributed by atoms with Gasteiger partial charge in [0.25, 0.3) is 5.91 Å². The van der Waals surface area contributed by atoms with Crippen molar-refractivity contribution in [3.63, 3.8) is 0 Å². The predicted molar refractivity (Wildman–Crippen MR) is 81.6 cm³/mol. The second-order valence-electron chi connectivity index (χ2n) is 4.96. The van der Waals surface area contributed by atoms with Crippen LogP contribution in [0, 0.1) is 20.8 Å². The third-order valence-electron chi connectivity index (χ3n) is 3.25. The van der Waals surface area contributed by atoms with Gasteiger partial charge in [0.15, 0.2) is 0 Å². The van der Waals surface area contributed by atoms with Crippen LogP contribution in [-0.4, -0.2) is 13.0 Å². The summed E-state index contributed by atoms with van der Waals surface area (Å²) < 4.78 is 5.14. The summed E-state index contributed by atoms with van der Waals surface area (Å²) in [5.41, 5.74) is 4.80. The molecule has 3 nitrogen and oxygen atoms in total. The molecule has 0 atom stereocenters. The Morgan fingerprint density at radius 3 is 2.30 bits per heavy atom.